The molecule has 3 atom stereocenters. The number of likely N-dealkylation sites (tertiary alicyclic amines) is 1. The lowest BCUT2D eigenvalue weighted by atomic mass is 9.85. The molecule has 2 aromatic heterocycles. The number of unbranched alkanes of at least 4 members (excludes halogenated alkanes) is 6. The summed E-state index contributed by atoms with van der Waals surface area (Å²) in [4.78, 5) is 93.8. The second-order valence-electron chi connectivity index (χ2n) is 28.0. The summed E-state index contributed by atoms with van der Waals surface area (Å²) in [6.07, 6.45) is 13.6. The fourth-order valence-corrected chi connectivity index (χ4v) is 11.1. The number of likely N-dealkylation sites (N-methyl/N-ethyl adjacent to an activating group) is 1. The normalized spacial score (nSPS) is 14.2. The summed E-state index contributed by atoms with van der Waals surface area (Å²) in [5.74, 6) is -1.42. The number of rotatable bonds is 38. The number of β-amino-alcohol motifs (C(OH)–C–C–N with tert-alkyl or cyclic N) is 1. The number of nitrogens with zero attached hydrogens (tertiary/aromatic N) is 5. The molecule has 0 spiro atoms. The van der Waals surface area contributed by atoms with Gasteiger partial charge in [-0.05, 0) is 148 Å². The Morgan fingerprint density at radius 2 is 1.38 bits per heavy atom. The van der Waals surface area contributed by atoms with Crippen molar-refractivity contribution in [3.63, 3.8) is 0 Å². The Kier molecular flexibility index (Phi) is 38.4. The van der Waals surface area contributed by atoms with Crippen LogP contribution < -0.4 is 26.0 Å². The number of aliphatic hydroxyl groups excluding tert-OH is 2. The number of fused-ring (bicyclic) bond motifs is 1. The summed E-state index contributed by atoms with van der Waals surface area (Å²) in [6, 6.07) is 13.7. The first-order valence-electron chi connectivity index (χ1n) is 35.0. The molecule has 4 amide bonds. The summed E-state index contributed by atoms with van der Waals surface area (Å²) in [6.45, 7) is 25.3. The highest BCUT2D eigenvalue weighted by atomic mass is 35.5. The lowest BCUT2D eigenvalue weighted by Crippen LogP contribution is -2.57. The molecular formula is C75H111ClFN9O14S. The number of carbonyl (C=O) groups is 6. The average Bonchev–Trinajstić information content (AvgIpc) is 1.60. The van der Waals surface area contributed by atoms with Crippen molar-refractivity contribution in [1.82, 2.24) is 35.4 Å². The number of hydrogen-bond donors (Lipinski definition) is 6. The molecule has 26 heteroatoms. The topological polar surface area (TPSA) is 292 Å². The minimum atomic E-state index is -0.917. The summed E-state index contributed by atoms with van der Waals surface area (Å²) in [5.41, 5.74) is 4.70. The first-order chi connectivity index (χ1) is 47.9. The standard InChI is InChI=1S/C50H61ClFN9O7S.C13H26O3.C12H24O4/c1-31-45(69-30-56-31)33-15-13-32(14-16-33)27-53-48(65)41-24-35(62)28-61(41)49(66)46(50(2,3)4)59-44(64)11-8-7-9-20-67-21-22-68-42-26-39-36(25-40(42)58-43(63)12-10-19-60(5)6)47(55-29-54-39)57-34-17-18-38(52)37(51)23-34;1-5-10-15-11-8-6-7-9-12(14)16-13(2,3)4;1-12(2,3)16-11(14)7-5-4-6-9-15-10-8-13/h10,12-18,23,25-26,29-30,35,41,46,62H,7-9,11,19-22,24,27-28H2,1-6H3,(H,53,65)(H,58,63)(H,59,64)(H,54,55,57);5-11H2,1-4H3;13H,4-10H2,1-3H3/b12-10+;;/t35-,41+,46-;;/m1../s1. The van der Waals surface area contributed by atoms with Crippen molar-refractivity contribution < 1.29 is 71.8 Å². The molecular weight excluding hydrogens is 1340 g/mol. The van der Waals surface area contributed by atoms with E-state index in [1.807, 2.05) is 118 Å². The third-order valence-electron chi connectivity index (χ3n) is 15.1. The van der Waals surface area contributed by atoms with Gasteiger partial charge in [-0.2, -0.15) is 0 Å². The van der Waals surface area contributed by atoms with E-state index in [2.05, 4.69) is 43.1 Å². The van der Waals surface area contributed by atoms with Crippen molar-refractivity contribution in [3.8, 4) is 16.2 Å². The Labute approximate surface area is 605 Å². The van der Waals surface area contributed by atoms with Gasteiger partial charge >= 0.3 is 11.9 Å². The zero-order valence-electron chi connectivity index (χ0n) is 61.6. The van der Waals surface area contributed by atoms with Gasteiger partial charge in [-0.15, -0.1) is 11.3 Å². The van der Waals surface area contributed by atoms with E-state index in [-0.39, 0.29) is 91.6 Å². The van der Waals surface area contributed by atoms with Crippen LogP contribution >= 0.6 is 22.9 Å². The van der Waals surface area contributed by atoms with Gasteiger partial charge in [-0.1, -0.05) is 88.9 Å². The van der Waals surface area contributed by atoms with Crippen molar-refractivity contribution in [2.75, 3.05) is 90.7 Å². The van der Waals surface area contributed by atoms with Crippen LogP contribution in [0.5, 0.6) is 5.75 Å². The van der Waals surface area contributed by atoms with Crippen LogP contribution in [0.1, 0.15) is 170 Å². The zero-order valence-corrected chi connectivity index (χ0v) is 63.2. The maximum Gasteiger partial charge on any atom is 0.306 e. The van der Waals surface area contributed by atoms with Crippen LogP contribution in [0.25, 0.3) is 21.3 Å². The number of aromatic nitrogens is 3. The van der Waals surface area contributed by atoms with E-state index in [4.69, 9.17) is 45.1 Å². The maximum absolute atomic E-state index is 14.1. The number of nitrogens with one attached hydrogen (secondary N) is 4. The van der Waals surface area contributed by atoms with Gasteiger partial charge in [0.05, 0.1) is 58.2 Å². The molecule has 1 saturated heterocycles. The number of esters is 2. The molecule has 3 aromatic carbocycles. The van der Waals surface area contributed by atoms with Gasteiger partial charge in [0.2, 0.25) is 23.6 Å². The zero-order chi connectivity index (χ0) is 74.5. The lowest BCUT2D eigenvalue weighted by molar-refractivity contribution is -0.156. The molecule has 0 aliphatic carbocycles. The molecule has 6 rings (SSSR count). The number of aryl methyl sites for hydroxylation is 1. The van der Waals surface area contributed by atoms with Crippen LogP contribution in [-0.4, -0.2) is 180 Å². The van der Waals surface area contributed by atoms with Crippen LogP contribution in [-0.2, 0) is 59.0 Å². The SMILES string of the molecule is CC(C)(C)OC(=O)CCCCCOCCO.CCCOCCCCCC(=O)OC(C)(C)C.Cc1ncsc1-c1ccc(CNC(=O)[C@@H]2C[C@@H](O)CN2C(=O)[C@@H](NC(=O)CCCCCOCCOc2cc3ncnc(Nc4ccc(F)c(Cl)c4)c3cc2NC(=O)/C=C/CN(C)C)C(C)(C)C)cc1. The van der Waals surface area contributed by atoms with E-state index in [0.717, 1.165) is 79.9 Å². The summed E-state index contributed by atoms with van der Waals surface area (Å²) in [5, 5.41) is 31.5. The highest BCUT2D eigenvalue weighted by Gasteiger charge is 2.44. The number of thiazole rings is 1. The second kappa shape index (κ2) is 45.0. The van der Waals surface area contributed by atoms with E-state index >= 15 is 0 Å². The van der Waals surface area contributed by atoms with Crippen molar-refractivity contribution in [1.29, 1.82) is 0 Å². The molecule has 560 valence electrons. The van der Waals surface area contributed by atoms with Crippen LogP contribution in [0, 0.1) is 18.2 Å². The second-order valence-corrected chi connectivity index (χ2v) is 29.2. The van der Waals surface area contributed by atoms with Crippen LogP contribution in [0.2, 0.25) is 5.02 Å². The van der Waals surface area contributed by atoms with Gasteiger partial charge < -0.3 is 69.7 Å². The number of halogens is 2. The van der Waals surface area contributed by atoms with Crippen molar-refractivity contribution in [3.05, 3.63) is 101 Å². The van der Waals surface area contributed by atoms with E-state index in [0.29, 0.717) is 92.3 Å². The highest BCUT2D eigenvalue weighted by Crippen LogP contribution is 2.35. The molecule has 23 nitrogen and oxygen atoms in total. The first-order valence-corrected chi connectivity index (χ1v) is 36.2. The van der Waals surface area contributed by atoms with E-state index in [1.54, 1.807) is 29.5 Å². The Morgan fingerprint density at radius 1 is 0.762 bits per heavy atom. The predicted octanol–water partition coefficient (Wildman–Crippen LogP) is 12.6. The number of anilines is 3. The first kappa shape index (κ1) is 86.2. The van der Waals surface area contributed by atoms with E-state index in [9.17, 15) is 38.3 Å². The summed E-state index contributed by atoms with van der Waals surface area (Å²) in [7, 11) is 3.79. The fourth-order valence-electron chi connectivity index (χ4n) is 10.1. The molecule has 5 aromatic rings. The van der Waals surface area contributed by atoms with Crippen LogP contribution in [0.15, 0.2) is 78.6 Å². The van der Waals surface area contributed by atoms with E-state index < -0.39 is 35.3 Å². The fraction of sp³-hybridized carbons (Fsp3) is 0.587. The smallest absolute Gasteiger partial charge is 0.306 e. The van der Waals surface area contributed by atoms with Crippen LogP contribution in [0.4, 0.5) is 21.6 Å². The van der Waals surface area contributed by atoms with Gasteiger partial charge in [0.15, 0.2) is 0 Å². The number of benzene rings is 3. The van der Waals surface area contributed by atoms with Gasteiger partial charge in [0, 0.05) is 95.0 Å². The molecule has 0 saturated carbocycles. The maximum atomic E-state index is 14.1. The number of hydrogen-bond acceptors (Lipinski definition) is 20. The van der Waals surface area contributed by atoms with Gasteiger partial charge in [0.25, 0.3) is 0 Å². The number of ether oxygens (including phenoxy) is 6. The van der Waals surface area contributed by atoms with Gasteiger partial charge in [-0.25, -0.2) is 19.3 Å². The quantitative estimate of drug-likeness (QED) is 0.0122. The monoisotopic (exact) mass is 1450 g/mol. The minimum Gasteiger partial charge on any atom is -0.489 e. The molecule has 1 aliphatic rings. The molecule has 0 radical (unpaired) electrons. The van der Waals surface area contributed by atoms with Gasteiger partial charge in [0.1, 0.15) is 53.6 Å². The number of amides is 4. The molecule has 1 aliphatic heterocycles. The molecule has 3 heterocycles. The van der Waals surface area contributed by atoms with E-state index in [1.165, 1.54) is 35.5 Å². The summed E-state index contributed by atoms with van der Waals surface area (Å²) >= 11 is 7.57. The van der Waals surface area contributed by atoms with Gasteiger partial charge in [-0.3, -0.25) is 28.8 Å². The number of carbonyl (C=O) groups excluding carboxylic acids is 6. The van der Waals surface area contributed by atoms with Crippen molar-refractivity contribution in [2.45, 2.75) is 202 Å². The molecule has 0 bridgehead atoms. The summed E-state index contributed by atoms with van der Waals surface area (Å²) < 4.78 is 46.6. The molecule has 1 fully saturated rings. The third kappa shape index (κ3) is 34.5. The molecule has 6 N–H and O–H groups in total. The Morgan fingerprint density at radius 3 is 1.94 bits per heavy atom. The van der Waals surface area contributed by atoms with Crippen LogP contribution in [0.3, 0.4) is 0 Å². The molecule has 101 heavy (non-hydrogen) atoms. The lowest BCUT2D eigenvalue weighted by Gasteiger charge is -2.35. The van der Waals surface area contributed by atoms with Crippen molar-refractivity contribution >= 4 is 86.6 Å². The average molecular weight is 1450 g/mol. The minimum absolute atomic E-state index is 0.00787. The number of aliphatic hydroxyl groups is 2. The third-order valence-corrected chi connectivity index (χ3v) is 16.3. The molecule has 0 unspecified atom stereocenters. The Hall–Kier alpha value is -7.23. The Balaban J connectivity index is 0.000000554. The van der Waals surface area contributed by atoms with Crippen molar-refractivity contribution in [2.24, 2.45) is 5.41 Å². The largest absolute Gasteiger partial charge is 0.489 e. The predicted molar refractivity (Wildman–Crippen MR) is 395 cm³/mol. The Bertz CT molecular complexity index is 3330. The highest BCUT2D eigenvalue weighted by molar-refractivity contribution is 7.13.